The van der Waals surface area contributed by atoms with Gasteiger partial charge < -0.3 is 4.74 Å². The number of benzene rings is 2. The second kappa shape index (κ2) is 5.88. The van der Waals surface area contributed by atoms with E-state index in [0.717, 1.165) is 16.9 Å². The summed E-state index contributed by atoms with van der Waals surface area (Å²) in [6.45, 7) is 2.27. The molecule has 0 N–H and O–H groups in total. The van der Waals surface area contributed by atoms with E-state index < -0.39 is 0 Å². The van der Waals surface area contributed by atoms with Gasteiger partial charge in [-0.2, -0.15) is 5.26 Å². The minimum absolute atomic E-state index is 0.103. The van der Waals surface area contributed by atoms with Gasteiger partial charge in [0.2, 0.25) is 0 Å². The Hall–Kier alpha value is -2.27. The summed E-state index contributed by atoms with van der Waals surface area (Å²) in [6, 6.07) is 20.2. The second-order valence-corrected chi connectivity index (χ2v) is 4.20. The van der Waals surface area contributed by atoms with Crippen molar-refractivity contribution >= 4 is 0 Å². The predicted octanol–water partition coefficient (Wildman–Crippen LogP) is 3.89. The zero-order valence-corrected chi connectivity index (χ0v) is 10.3. The highest BCUT2D eigenvalue weighted by Gasteiger charge is 2.07. The molecule has 2 aromatic rings. The number of hydrogen-bond acceptors (Lipinski definition) is 2. The lowest BCUT2D eigenvalue weighted by Crippen LogP contribution is -2.06. The Balaban J connectivity index is 2.24. The SMILES string of the molecule is CC(C#N)COc1ccccc1-c1ccccc1. The van der Waals surface area contributed by atoms with E-state index in [2.05, 4.69) is 18.2 Å². The average Bonchev–Trinajstić information content (AvgIpc) is 2.46. The van der Waals surface area contributed by atoms with Crippen LogP contribution in [0.2, 0.25) is 0 Å². The number of nitriles is 1. The molecule has 0 bridgehead atoms. The van der Waals surface area contributed by atoms with Crippen LogP contribution < -0.4 is 4.74 Å². The fourth-order valence-electron chi connectivity index (χ4n) is 1.70. The molecule has 2 rings (SSSR count). The van der Waals surface area contributed by atoms with Crippen molar-refractivity contribution in [1.29, 1.82) is 5.26 Å². The van der Waals surface area contributed by atoms with Gasteiger partial charge in [-0.3, -0.25) is 0 Å². The van der Waals surface area contributed by atoms with Crippen molar-refractivity contribution in [2.45, 2.75) is 6.92 Å². The highest BCUT2D eigenvalue weighted by Crippen LogP contribution is 2.29. The van der Waals surface area contributed by atoms with Gasteiger partial charge in [-0.05, 0) is 18.6 Å². The molecular formula is C16H15NO. The highest BCUT2D eigenvalue weighted by molar-refractivity contribution is 5.70. The summed E-state index contributed by atoms with van der Waals surface area (Å²) in [4.78, 5) is 0. The largest absolute Gasteiger partial charge is 0.492 e. The lowest BCUT2D eigenvalue weighted by atomic mass is 10.0. The molecule has 2 heteroatoms. The molecule has 0 saturated heterocycles. The van der Waals surface area contributed by atoms with Crippen molar-refractivity contribution in [1.82, 2.24) is 0 Å². The molecule has 0 aliphatic carbocycles. The minimum Gasteiger partial charge on any atom is -0.492 e. The molecule has 0 spiro atoms. The molecule has 90 valence electrons. The van der Waals surface area contributed by atoms with Crippen molar-refractivity contribution in [2.75, 3.05) is 6.61 Å². The fraction of sp³-hybridized carbons (Fsp3) is 0.188. The maximum atomic E-state index is 8.77. The lowest BCUT2D eigenvalue weighted by Gasteiger charge is -2.12. The van der Waals surface area contributed by atoms with Crippen LogP contribution in [0.4, 0.5) is 0 Å². The number of ether oxygens (including phenoxy) is 1. The Morgan fingerprint density at radius 1 is 1.06 bits per heavy atom. The molecule has 0 fully saturated rings. The van der Waals surface area contributed by atoms with Crippen LogP contribution in [0.15, 0.2) is 54.6 Å². The topological polar surface area (TPSA) is 33.0 Å². The van der Waals surface area contributed by atoms with E-state index in [1.807, 2.05) is 49.4 Å². The van der Waals surface area contributed by atoms with E-state index in [0.29, 0.717) is 6.61 Å². The molecule has 0 aromatic heterocycles. The Morgan fingerprint density at radius 2 is 1.72 bits per heavy atom. The normalized spacial score (nSPS) is 11.6. The molecule has 0 heterocycles. The standard InChI is InChI=1S/C16H15NO/c1-13(11-17)12-18-16-10-6-5-9-15(16)14-7-3-2-4-8-14/h2-10,13H,12H2,1H3. The molecule has 2 aromatic carbocycles. The molecule has 0 saturated carbocycles. The first-order valence-corrected chi connectivity index (χ1v) is 5.98. The van der Waals surface area contributed by atoms with Crippen LogP contribution >= 0.6 is 0 Å². The van der Waals surface area contributed by atoms with Gasteiger partial charge in [0.25, 0.3) is 0 Å². The number of hydrogen-bond donors (Lipinski definition) is 0. The maximum Gasteiger partial charge on any atom is 0.127 e. The summed E-state index contributed by atoms with van der Waals surface area (Å²) < 4.78 is 5.72. The summed E-state index contributed by atoms with van der Waals surface area (Å²) in [5, 5.41) is 8.77. The highest BCUT2D eigenvalue weighted by atomic mass is 16.5. The Bertz CT molecular complexity index is 543. The van der Waals surface area contributed by atoms with Gasteiger partial charge in [-0.15, -0.1) is 0 Å². The maximum absolute atomic E-state index is 8.77. The first-order valence-electron chi connectivity index (χ1n) is 5.98. The molecule has 2 nitrogen and oxygen atoms in total. The van der Waals surface area contributed by atoms with Gasteiger partial charge in [-0.1, -0.05) is 48.5 Å². The van der Waals surface area contributed by atoms with Gasteiger partial charge in [0.1, 0.15) is 12.4 Å². The van der Waals surface area contributed by atoms with Crippen LogP contribution in [0.3, 0.4) is 0 Å². The lowest BCUT2D eigenvalue weighted by molar-refractivity contribution is 0.289. The van der Waals surface area contributed by atoms with Crippen LogP contribution in [-0.4, -0.2) is 6.61 Å². The minimum atomic E-state index is -0.103. The Morgan fingerprint density at radius 3 is 2.44 bits per heavy atom. The molecule has 0 aliphatic rings. The van der Waals surface area contributed by atoms with Gasteiger partial charge in [0.05, 0.1) is 12.0 Å². The number of rotatable bonds is 4. The van der Waals surface area contributed by atoms with Crippen molar-refractivity contribution in [3.05, 3.63) is 54.6 Å². The zero-order chi connectivity index (χ0) is 12.8. The van der Waals surface area contributed by atoms with Crippen LogP contribution in [0.5, 0.6) is 5.75 Å². The fourth-order valence-corrected chi connectivity index (χ4v) is 1.70. The van der Waals surface area contributed by atoms with Crippen LogP contribution in [-0.2, 0) is 0 Å². The first-order chi connectivity index (χ1) is 8.81. The third kappa shape index (κ3) is 2.89. The molecule has 0 radical (unpaired) electrons. The van der Waals surface area contributed by atoms with E-state index in [1.165, 1.54) is 0 Å². The van der Waals surface area contributed by atoms with Gasteiger partial charge in [0.15, 0.2) is 0 Å². The van der Waals surface area contributed by atoms with Crippen molar-refractivity contribution in [3.8, 4) is 22.9 Å². The molecule has 1 unspecified atom stereocenters. The average molecular weight is 237 g/mol. The summed E-state index contributed by atoms with van der Waals surface area (Å²) >= 11 is 0. The summed E-state index contributed by atoms with van der Waals surface area (Å²) in [7, 11) is 0. The van der Waals surface area contributed by atoms with Gasteiger partial charge in [-0.25, -0.2) is 0 Å². The molecular weight excluding hydrogens is 222 g/mol. The van der Waals surface area contributed by atoms with Crippen LogP contribution in [0.25, 0.3) is 11.1 Å². The van der Waals surface area contributed by atoms with Gasteiger partial charge in [0, 0.05) is 5.56 Å². The zero-order valence-electron chi connectivity index (χ0n) is 10.3. The Kier molecular flexibility index (Phi) is 3.98. The third-order valence-corrected chi connectivity index (χ3v) is 2.68. The molecule has 0 aliphatic heterocycles. The summed E-state index contributed by atoms with van der Waals surface area (Å²) in [5.41, 5.74) is 2.18. The van der Waals surface area contributed by atoms with E-state index in [-0.39, 0.29) is 5.92 Å². The predicted molar refractivity (Wildman–Crippen MR) is 72.2 cm³/mol. The summed E-state index contributed by atoms with van der Waals surface area (Å²) in [6.07, 6.45) is 0. The quantitative estimate of drug-likeness (QED) is 0.808. The molecule has 0 amide bonds. The van der Waals surface area contributed by atoms with E-state index in [4.69, 9.17) is 10.00 Å². The summed E-state index contributed by atoms with van der Waals surface area (Å²) in [5.74, 6) is 0.722. The number of para-hydroxylation sites is 1. The molecule has 18 heavy (non-hydrogen) atoms. The number of nitrogens with zero attached hydrogens (tertiary/aromatic N) is 1. The van der Waals surface area contributed by atoms with Crippen LogP contribution in [0, 0.1) is 17.2 Å². The third-order valence-electron chi connectivity index (χ3n) is 2.68. The van der Waals surface area contributed by atoms with Crippen molar-refractivity contribution < 1.29 is 4.74 Å². The monoisotopic (exact) mass is 237 g/mol. The van der Waals surface area contributed by atoms with Crippen molar-refractivity contribution in [3.63, 3.8) is 0 Å². The van der Waals surface area contributed by atoms with Crippen LogP contribution in [0.1, 0.15) is 6.92 Å². The molecule has 1 atom stereocenters. The van der Waals surface area contributed by atoms with E-state index >= 15 is 0 Å². The van der Waals surface area contributed by atoms with Crippen molar-refractivity contribution in [2.24, 2.45) is 5.92 Å². The van der Waals surface area contributed by atoms with E-state index in [9.17, 15) is 0 Å². The smallest absolute Gasteiger partial charge is 0.127 e. The first kappa shape index (κ1) is 12.2. The van der Waals surface area contributed by atoms with E-state index in [1.54, 1.807) is 0 Å². The Labute approximate surface area is 107 Å². The second-order valence-electron chi connectivity index (χ2n) is 4.20. The van der Waals surface area contributed by atoms with Gasteiger partial charge >= 0.3 is 0 Å².